The van der Waals surface area contributed by atoms with Crippen molar-refractivity contribution in [2.24, 2.45) is 0 Å². The first-order chi connectivity index (χ1) is 29.2. The molecule has 8 bridgehead atoms. The summed E-state index contributed by atoms with van der Waals surface area (Å²) in [5.74, 6) is 2.69. The molecule has 2 aliphatic rings. The van der Waals surface area contributed by atoms with Crippen LogP contribution < -0.4 is 18.9 Å². The van der Waals surface area contributed by atoms with Gasteiger partial charge in [0.15, 0.2) is 0 Å². The van der Waals surface area contributed by atoms with Crippen LogP contribution in [0.3, 0.4) is 0 Å². The third kappa shape index (κ3) is 7.13. The number of fused-ring (bicyclic) bond motifs is 8. The number of hydrogen-bond donors (Lipinski definition) is 6. The number of nitrogens with one attached hydrogen (secondary N) is 2. The molecule has 0 saturated carbocycles. The molecule has 60 heavy (non-hydrogen) atoms. The summed E-state index contributed by atoms with van der Waals surface area (Å²) in [7, 11) is 6.56. The second-order valence-electron chi connectivity index (χ2n) is 14.0. The number of nitrogens with zero attached hydrogens (tertiary/aromatic N) is 2. The lowest BCUT2D eigenvalue weighted by atomic mass is 10.0. The van der Waals surface area contributed by atoms with Crippen LogP contribution in [0.2, 0.25) is 0 Å². The first kappa shape index (κ1) is 39.5. The van der Waals surface area contributed by atoms with Gasteiger partial charge in [-0.05, 0) is 119 Å². The van der Waals surface area contributed by atoms with Crippen molar-refractivity contribution in [2.45, 2.75) is 19.6 Å². The van der Waals surface area contributed by atoms with Gasteiger partial charge in [-0.25, -0.2) is 9.97 Å². The summed E-state index contributed by atoms with van der Waals surface area (Å²) in [6.07, 6.45) is 8.21. The molecule has 8 nitrogen and oxygen atoms in total. The molecule has 0 aliphatic carbocycles. The molecular weight excluding hydrogens is 825 g/mol. The van der Waals surface area contributed by atoms with E-state index in [-0.39, 0.29) is 0 Å². The van der Waals surface area contributed by atoms with Gasteiger partial charge in [-0.15, -0.1) is 50.5 Å². The van der Waals surface area contributed by atoms with E-state index < -0.39 is 0 Å². The number of H-pyrrole nitrogens is 2. The average Bonchev–Trinajstić information content (AvgIpc) is 4.09. The van der Waals surface area contributed by atoms with Gasteiger partial charge in [0.25, 0.3) is 0 Å². The minimum Gasteiger partial charge on any atom is -0.496 e. The van der Waals surface area contributed by atoms with E-state index in [1.165, 1.54) is 0 Å². The molecule has 0 spiro atoms. The zero-order valence-corrected chi connectivity index (χ0v) is 36.4. The normalized spacial score (nSPS) is 11.9. The third-order valence-electron chi connectivity index (χ3n) is 10.6. The van der Waals surface area contributed by atoms with E-state index in [1.807, 2.05) is 72.8 Å². The van der Waals surface area contributed by atoms with Crippen LogP contribution >= 0.6 is 50.5 Å². The van der Waals surface area contributed by atoms with Crippen molar-refractivity contribution in [1.29, 1.82) is 0 Å². The second kappa shape index (κ2) is 16.3. The first-order valence-corrected chi connectivity index (χ1v) is 20.6. The predicted molar refractivity (Wildman–Crippen MR) is 256 cm³/mol. The minimum atomic E-state index is 0.673. The van der Waals surface area contributed by atoms with Crippen molar-refractivity contribution in [3.05, 3.63) is 120 Å². The van der Waals surface area contributed by atoms with Crippen LogP contribution in [0.15, 0.2) is 117 Å². The van der Waals surface area contributed by atoms with Crippen molar-refractivity contribution in [3.63, 3.8) is 0 Å². The summed E-state index contributed by atoms with van der Waals surface area (Å²) < 4.78 is 22.4. The topological polar surface area (TPSA) is 94.3 Å². The van der Waals surface area contributed by atoms with E-state index in [9.17, 15) is 0 Å². The Labute approximate surface area is 369 Å². The maximum Gasteiger partial charge on any atom is 0.132 e. The number of methoxy groups -OCH3 is 4. The Hall–Kier alpha value is -5.92. The second-order valence-corrected chi connectivity index (χ2v) is 16.0. The SMILES string of the molecule is COc1ccc(-c2c3nc(c(-c4ccc(OC)c(S)c4)c4ccc([nH]4)c(-c4ccc(OC)c(S)c4)c4nc(c(-c5ccc(OC)c(S)c5)c5ccc2[nH]5)C=C4)C=C3)cc1S. The van der Waals surface area contributed by atoms with Crippen molar-refractivity contribution < 1.29 is 18.9 Å². The molecule has 0 fully saturated rings. The Balaban J connectivity index is 1.46. The van der Waals surface area contributed by atoms with Crippen LogP contribution in [0.25, 0.3) is 90.9 Å². The highest BCUT2D eigenvalue weighted by molar-refractivity contribution is 7.81. The van der Waals surface area contributed by atoms with Gasteiger partial charge in [0.05, 0.1) is 51.2 Å². The standard InChI is InChI=1S/C48H38N4O4S4/c1-53-37-17-5-25(21-41(37)57)45-29-9-11-31(49-29)46(26-6-18-38(54-2)42(58)22-26)33-13-15-35(51-33)48(28-8-20-40(56-4)44(60)24-28)36-16-14-34(52-36)47(32-12-10-30(45)50-32)27-7-19-39(55-3)43(59)23-27/h5-24,49,52,57-60H,1-4H3. The van der Waals surface area contributed by atoms with Crippen LogP contribution in [-0.2, 0) is 0 Å². The molecule has 12 heteroatoms. The molecule has 0 radical (unpaired) electrons. The van der Waals surface area contributed by atoms with Crippen molar-refractivity contribution in [3.8, 4) is 67.5 Å². The number of benzene rings is 4. The van der Waals surface area contributed by atoms with Crippen molar-refractivity contribution in [2.75, 3.05) is 28.4 Å². The van der Waals surface area contributed by atoms with E-state index in [4.69, 9.17) is 79.4 Å². The Morgan fingerprint density at radius 2 is 0.583 bits per heavy atom. The first-order valence-electron chi connectivity index (χ1n) is 18.8. The molecule has 9 rings (SSSR count). The maximum absolute atomic E-state index is 5.59. The number of aromatic nitrogens is 4. The Morgan fingerprint density at radius 1 is 0.350 bits per heavy atom. The molecule has 5 heterocycles. The highest BCUT2D eigenvalue weighted by Crippen LogP contribution is 2.42. The lowest BCUT2D eigenvalue weighted by Gasteiger charge is -2.10. The Bertz CT molecular complexity index is 2710. The fourth-order valence-corrected chi connectivity index (χ4v) is 9.02. The highest BCUT2D eigenvalue weighted by Gasteiger charge is 2.21. The Kier molecular flexibility index (Phi) is 10.7. The molecular formula is C48H38N4O4S4. The smallest absolute Gasteiger partial charge is 0.132 e. The van der Waals surface area contributed by atoms with E-state index in [0.717, 1.165) is 89.4 Å². The number of ether oxygens (including phenoxy) is 4. The summed E-state index contributed by atoms with van der Waals surface area (Å²) >= 11 is 19.2. The van der Waals surface area contributed by atoms with Gasteiger partial charge in [0.2, 0.25) is 0 Å². The highest BCUT2D eigenvalue weighted by atomic mass is 32.1. The largest absolute Gasteiger partial charge is 0.496 e. The van der Waals surface area contributed by atoms with E-state index in [2.05, 4.69) is 58.5 Å². The number of aromatic amines is 2. The van der Waals surface area contributed by atoms with Gasteiger partial charge in [0.1, 0.15) is 23.0 Å². The van der Waals surface area contributed by atoms with Crippen molar-refractivity contribution >= 4 is 96.9 Å². The lowest BCUT2D eigenvalue weighted by molar-refractivity contribution is 0.405. The van der Waals surface area contributed by atoms with Crippen LogP contribution in [0, 0.1) is 0 Å². The van der Waals surface area contributed by atoms with E-state index >= 15 is 0 Å². The molecule has 0 saturated heterocycles. The van der Waals surface area contributed by atoms with E-state index in [0.29, 0.717) is 42.6 Å². The van der Waals surface area contributed by atoms with Crippen LogP contribution in [-0.4, -0.2) is 48.4 Å². The average molecular weight is 863 g/mol. The van der Waals surface area contributed by atoms with Crippen LogP contribution in [0.4, 0.5) is 0 Å². The monoisotopic (exact) mass is 862 g/mol. The van der Waals surface area contributed by atoms with Gasteiger partial charge in [-0.3, -0.25) is 0 Å². The predicted octanol–water partition coefficient (Wildman–Crippen LogP) is 12.5. The lowest BCUT2D eigenvalue weighted by Crippen LogP contribution is -1.92. The molecule has 2 N–H and O–H groups in total. The molecule has 2 aliphatic heterocycles. The molecule has 0 atom stereocenters. The summed E-state index contributed by atoms with van der Waals surface area (Å²) in [6, 6.07) is 32.1. The molecule has 3 aromatic heterocycles. The van der Waals surface area contributed by atoms with E-state index in [1.54, 1.807) is 28.4 Å². The number of rotatable bonds is 8. The minimum absolute atomic E-state index is 0.673. The summed E-state index contributed by atoms with van der Waals surface area (Å²) in [5.41, 5.74) is 13.6. The van der Waals surface area contributed by atoms with Crippen molar-refractivity contribution in [1.82, 2.24) is 19.9 Å². The third-order valence-corrected chi connectivity index (χ3v) is 12.0. The summed E-state index contributed by atoms with van der Waals surface area (Å²) in [4.78, 5) is 21.2. The van der Waals surface area contributed by atoms with Gasteiger partial charge >= 0.3 is 0 Å². The van der Waals surface area contributed by atoms with Crippen LogP contribution in [0.5, 0.6) is 23.0 Å². The maximum atomic E-state index is 5.59. The quantitative estimate of drug-likeness (QED) is 0.0853. The molecule has 7 aromatic rings. The summed E-state index contributed by atoms with van der Waals surface area (Å²) in [5, 5.41) is 0. The van der Waals surface area contributed by atoms with Crippen LogP contribution in [0.1, 0.15) is 22.8 Å². The fourth-order valence-electron chi connectivity index (χ4n) is 7.80. The molecule has 298 valence electrons. The van der Waals surface area contributed by atoms with Gasteiger partial charge < -0.3 is 28.9 Å². The number of thiol groups is 4. The molecule has 0 unspecified atom stereocenters. The molecule has 0 amide bonds. The Morgan fingerprint density at radius 3 is 0.783 bits per heavy atom. The number of hydrogen-bond acceptors (Lipinski definition) is 10. The summed E-state index contributed by atoms with van der Waals surface area (Å²) in [6.45, 7) is 0. The van der Waals surface area contributed by atoms with Gasteiger partial charge in [0, 0.05) is 63.9 Å². The fraction of sp³-hybridized carbons (Fsp3) is 0.0833. The zero-order chi connectivity index (χ0) is 41.7. The molecule has 4 aromatic carbocycles. The van der Waals surface area contributed by atoms with Gasteiger partial charge in [-0.1, -0.05) is 24.3 Å². The van der Waals surface area contributed by atoms with Gasteiger partial charge in [-0.2, -0.15) is 0 Å². The zero-order valence-electron chi connectivity index (χ0n) is 32.9.